The zero-order chi connectivity index (χ0) is 24.0. The second-order valence-electron chi connectivity index (χ2n) is 6.96. The summed E-state index contributed by atoms with van der Waals surface area (Å²) >= 11 is 0. The van der Waals surface area contributed by atoms with Crippen LogP contribution in [0.3, 0.4) is 0 Å². The van der Waals surface area contributed by atoms with Crippen molar-refractivity contribution in [2.45, 2.75) is 6.54 Å². The lowest BCUT2D eigenvalue weighted by atomic mass is 10.2. The maximum atomic E-state index is 12.7. The number of anilines is 1. The van der Waals surface area contributed by atoms with E-state index in [1.807, 2.05) is 12.1 Å². The largest absolute Gasteiger partial charge is 0.481 e. The van der Waals surface area contributed by atoms with Gasteiger partial charge in [0.05, 0.1) is 12.1 Å². The molecule has 0 radical (unpaired) electrons. The smallest absolute Gasteiger partial charge is 0.344 e. The van der Waals surface area contributed by atoms with Crippen molar-refractivity contribution in [2.75, 3.05) is 18.9 Å². The Bertz CT molecular complexity index is 1350. The molecule has 0 bridgehead atoms. The highest BCUT2D eigenvalue weighted by atomic mass is 16.6. The average molecular weight is 448 g/mol. The van der Waals surface area contributed by atoms with Crippen molar-refractivity contribution in [3.8, 4) is 11.8 Å². The number of carbonyl (C=O) groups is 2. The summed E-state index contributed by atoms with van der Waals surface area (Å²) in [6.07, 6.45) is 0. The number of ether oxygens (including phenoxy) is 2. The Balaban J connectivity index is 1.74. The number of nitrogens with zero attached hydrogens (tertiary/aromatic N) is 3. The number of ketones is 1. The van der Waals surface area contributed by atoms with Crippen molar-refractivity contribution in [2.24, 2.45) is 7.05 Å². The third-order valence-corrected chi connectivity index (χ3v) is 4.76. The van der Waals surface area contributed by atoms with E-state index in [2.05, 4.69) is 0 Å². The topological polar surface area (TPSA) is 146 Å². The predicted molar refractivity (Wildman–Crippen MR) is 118 cm³/mol. The summed E-state index contributed by atoms with van der Waals surface area (Å²) < 4.78 is 12.0. The summed E-state index contributed by atoms with van der Waals surface area (Å²) in [5, 5.41) is 9.04. The molecule has 0 unspecified atom stereocenters. The number of esters is 1. The molecule has 0 aliphatic carbocycles. The second-order valence-corrected chi connectivity index (χ2v) is 6.96. The monoisotopic (exact) mass is 448 g/mol. The number of nitrogens with two attached hydrogens (primary N) is 1. The molecule has 0 atom stereocenters. The minimum atomic E-state index is -0.887. The number of carbonyl (C=O) groups excluding carboxylic acids is 2. The quantitative estimate of drug-likeness (QED) is 0.394. The molecule has 2 N–H and O–H groups in total. The molecule has 10 heteroatoms. The molecule has 0 aliphatic rings. The fourth-order valence-electron chi connectivity index (χ4n) is 3.05. The predicted octanol–water partition coefficient (Wildman–Crippen LogP) is 0.854. The average Bonchev–Trinajstić information content (AvgIpc) is 2.83. The van der Waals surface area contributed by atoms with Gasteiger partial charge in [-0.25, -0.2) is 9.59 Å². The van der Waals surface area contributed by atoms with Crippen molar-refractivity contribution < 1.29 is 19.1 Å². The van der Waals surface area contributed by atoms with E-state index in [0.29, 0.717) is 0 Å². The highest BCUT2D eigenvalue weighted by Gasteiger charge is 2.23. The lowest BCUT2D eigenvalue weighted by Gasteiger charge is -2.15. The SMILES string of the molecule is Cn1c(=O)c(C(=O)COC(=O)COc2ccccc2C#N)c(N)n(Cc2ccccc2)c1=O. The van der Waals surface area contributed by atoms with E-state index in [1.54, 1.807) is 36.4 Å². The van der Waals surface area contributed by atoms with Gasteiger partial charge in [0, 0.05) is 7.05 Å². The molecule has 2 aromatic carbocycles. The third kappa shape index (κ3) is 5.16. The van der Waals surface area contributed by atoms with Crippen LogP contribution in [0.15, 0.2) is 64.2 Å². The number of hydrogen-bond acceptors (Lipinski definition) is 8. The van der Waals surface area contributed by atoms with Gasteiger partial charge in [-0.1, -0.05) is 42.5 Å². The Hall–Kier alpha value is -4.65. The van der Waals surface area contributed by atoms with E-state index in [4.69, 9.17) is 20.5 Å². The first kappa shape index (κ1) is 23.0. The molecule has 33 heavy (non-hydrogen) atoms. The van der Waals surface area contributed by atoms with E-state index in [9.17, 15) is 19.2 Å². The standard InChI is InChI=1S/C23H20N4O6/c1-26-22(30)20(21(25)27(23(26)31)12-15-7-3-2-4-8-15)17(28)13-33-19(29)14-32-18-10-6-5-9-16(18)11-24/h2-10H,12-14,25H2,1H3. The zero-order valence-electron chi connectivity index (χ0n) is 17.7. The number of hydrogen-bond donors (Lipinski definition) is 1. The minimum Gasteiger partial charge on any atom is -0.481 e. The van der Waals surface area contributed by atoms with Gasteiger partial charge in [0.1, 0.15) is 23.2 Å². The third-order valence-electron chi connectivity index (χ3n) is 4.76. The highest BCUT2D eigenvalue weighted by molar-refractivity contribution is 6.01. The molecule has 168 valence electrons. The second kappa shape index (κ2) is 10.1. The molecule has 1 heterocycles. The van der Waals surface area contributed by atoms with Crippen LogP contribution < -0.4 is 21.7 Å². The molecule has 1 aromatic heterocycles. The van der Waals surface area contributed by atoms with Crippen LogP contribution in [0.1, 0.15) is 21.5 Å². The van der Waals surface area contributed by atoms with Gasteiger partial charge in [-0.2, -0.15) is 5.26 Å². The van der Waals surface area contributed by atoms with E-state index < -0.39 is 41.8 Å². The number of nitrogen functional groups attached to an aromatic ring is 1. The summed E-state index contributed by atoms with van der Waals surface area (Å²) in [7, 11) is 1.23. The van der Waals surface area contributed by atoms with Crippen molar-refractivity contribution in [1.82, 2.24) is 9.13 Å². The van der Waals surface area contributed by atoms with E-state index >= 15 is 0 Å². The maximum absolute atomic E-state index is 12.7. The van der Waals surface area contributed by atoms with Crippen LogP contribution in [-0.2, 0) is 23.1 Å². The summed E-state index contributed by atoms with van der Waals surface area (Å²) in [5.74, 6) is -1.87. The number of Topliss-reactive ketones (excluding diaryl/α,β-unsaturated/α-hetero) is 1. The normalized spacial score (nSPS) is 10.3. The minimum absolute atomic E-state index is 0.0475. The van der Waals surface area contributed by atoms with Crippen LogP contribution in [0.5, 0.6) is 5.75 Å². The lowest BCUT2D eigenvalue weighted by molar-refractivity contribution is -0.144. The molecule has 3 aromatic rings. The van der Waals surface area contributed by atoms with E-state index in [1.165, 1.54) is 19.2 Å². The van der Waals surface area contributed by atoms with Gasteiger partial charge in [0.25, 0.3) is 5.56 Å². The summed E-state index contributed by atoms with van der Waals surface area (Å²) in [6, 6.07) is 17.1. The van der Waals surface area contributed by atoms with Crippen molar-refractivity contribution in [3.05, 3.63) is 92.1 Å². The maximum Gasteiger partial charge on any atom is 0.344 e. The first-order valence-corrected chi connectivity index (χ1v) is 9.77. The van der Waals surface area contributed by atoms with Crippen molar-refractivity contribution in [1.29, 1.82) is 5.26 Å². The van der Waals surface area contributed by atoms with Gasteiger partial charge >= 0.3 is 11.7 Å². The summed E-state index contributed by atoms with van der Waals surface area (Å²) in [6.45, 7) is -1.27. The Labute approximate surface area is 188 Å². The summed E-state index contributed by atoms with van der Waals surface area (Å²) in [5.41, 5.74) is 4.97. The van der Waals surface area contributed by atoms with Crippen LogP contribution in [0, 0.1) is 11.3 Å². The number of nitriles is 1. The zero-order valence-corrected chi connectivity index (χ0v) is 17.7. The van der Waals surface area contributed by atoms with Gasteiger partial charge in [-0.05, 0) is 17.7 Å². The first-order chi connectivity index (χ1) is 15.8. The van der Waals surface area contributed by atoms with Crippen LogP contribution >= 0.6 is 0 Å². The van der Waals surface area contributed by atoms with E-state index in [0.717, 1.165) is 14.7 Å². The molecule has 10 nitrogen and oxygen atoms in total. The Kier molecular flexibility index (Phi) is 7.05. The Morgan fingerprint density at radius 3 is 2.39 bits per heavy atom. The number of benzene rings is 2. The van der Waals surface area contributed by atoms with Crippen molar-refractivity contribution in [3.63, 3.8) is 0 Å². The number of rotatable bonds is 8. The van der Waals surface area contributed by atoms with Crippen LogP contribution in [0.25, 0.3) is 0 Å². The van der Waals surface area contributed by atoms with Gasteiger partial charge in [-0.15, -0.1) is 0 Å². The number of aromatic nitrogens is 2. The molecule has 0 amide bonds. The van der Waals surface area contributed by atoms with Gasteiger partial charge in [0.2, 0.25) is 5.78 Å². The summed E-state index contributed by atoms with van der Waals surface area (Å²) in [4.78, 5) is 49.7. The molecule has 0 fully saturated rings. The first-order valence-electron chi connectivity index (χ1n) is 9.77. The van der Waals surface area contributed by atoms with Gasteiger partial charge in [0.15, 0.2) is 13.2 Å². The highest BCUT2D eigenvalue weighted by Crippen LogP contribution is 2.16. The fourth-order valence-corrected chi connectivity index (χ4v) is 3.05. The molecular weight excluding hydrogens is 428 g/mol. The van der Waals surface area contributed by atoms with Crippen molar-refractivity contribution >= 4 is 17.6 Å². The molecule has 3 rings (SSSR count). The molecular formula is C23H20N4O6. The number of para-hydroxylation sites is 1. The molecule has 0 saturated carbocycles. The lowest BCUT2D eigenvalue weighted by Crippen LogP contribution is -2.43. The van der Waals surface area contributed by atoms with Gasteiger partial charge in [-0.3, -0.25) is 18.7 Å². The molecule has 0 spiro atoms. The Morgan fingerprint density at radius 1 is 1.03 bits per heavy atom. The molecule has 0 saturated heterocycles. The van der Waals surface area contributed by atoms with Crippen LogP contribution in [0.2, 0.25) is 0 Å². The van der Waals surface area contributed by atoms with Crippen LogP contribution in [0.4, 0.5) is 5.82 Å². The van der Waals surface area contributed by atoms with E-state index in [-0.39, 0.29) is 23.7 Å². The van der Waals surface area contributed by atoms with Crippen LogP contribution in [-0.4, -0.2) is 34.1 Å². The van der Waals surface area contributed by atoms with Gasteiger partial charge < -0.3 is 15.2 Å². The Morgan fingerprint density at radius 2 is 1.70 bits per heavy atom. The fraction of sp³-hybridized carbons (Fsp3) is 0.174. The molecule has 0 aliphatic heterocycles.